The second-order valence-corrected chi connectivity index (χ2v) is 5.27. The van der Waals surface area contributed by atoms with E-state index in [1.807, 2.05) is 0 Å². The molecule has 8 nitrogen and oxygen atoms in total. The van der Waals surface area contributed by atoms with Crippen LogP contribution < -0.4 is 4.74 Å². The van der Waals surface area contributed by atoms with Gasteiger partial charge in [0.2, 0.25) is 0 Å². The normalized spacial score (nSPS) is 11.5. The summed E-state index contributed by atoms with van der Waals surface area (Å²) in [4.78, 5) is 31.7. The molecule has 9 heteroatoms. The summed E-state index contributed by atoms with van der Waals surface area (Å²) in [6.07, 6.45) is 0.604. The summed E-state index contributed by atoms with van der Waals surface area (Å²) >= 11 is 0. The molecule has 19 heavy (non-hydrogen) atoms. The summed E-state index contributed by atoms with van der Waals surface area (Å²) in [6, 6.07) is 5.50. The molecule has 0 amide bonds. The van der Waals surface area contributed by atoms with Gasteiger partial charge in [0.1, 0.15) is 11.3 Å². The highest BCUT2D eigenvalue weighted by Crippen LogP contribution is 2.37. The predicted octanol–water partition coefficient (Wildman–Crippen LogP) is 1.66. The quantitative estimate of drug-likeness (QED) is 0.497. The first kappa shape index (κ1) is 13.4. The number of nitrogens with zero attached hydrogens (tertiary/aromatic N) is 2. The maximum atomic E-state index is 10.9. The highest BCUT2D eigenvalue weighted by atomic mass is 31.2. The lowest BCUT2D eigenvalue weighted by Crippen LogP contribution is -2.00. The first-order chi connectivity index (χ1) is 8.88. The van der Waals surface area contributed by atoms with Crippen molar-refractivity contribution in [2.75, 3.05) is 6.35 Å². The molecule has 0 aliphatic heterocycles. The molecule has 100 valence electrons. The summed E-state index contributed by atoms with van der Waals surface area (Å²) in [5.41, 5.74) is 0.0387. The SMILES string of the molecule is O=[N+]([O-])c1ccc(OCP(=O)(O)O)c2ncccc12. The molecule has 0 atom stereocenters. The lowest BCUT2D eigenvalue weighted by molar-refractivity contribution is -0.383. The molecule has 2 aromatic rings. The van der Waals surface area contributed by atoms with Crippen molar-refractivity contribution in [2.45, 2.75) is 0 Å². The average Bonchev–Trinajstić information content (AvgIpc) is 2.34. The minimum atomic E-state index is -4.32. The number of nitro benzene ring substituents is 1. The van der Waals surface area contributed by atoms with Crippen LogP contribution in [0.15, 0.2) is 30.5 Å². The van der Waals surface area contributed by atoms with Crippen LogP contribution >= 0.6 is 7.60 Å². The lowest BCUT2D eigenvalue weighted by atomic mass is 10.1. The molecule has 0 radical (unpaired) electrons. The van der Waals surface area contributed by atoms with Crippen LogP contribution in [0.2, 0.25) is 0 Å². The van der Waals surface area contributed by atoms with Gasteiger partial charge in [-0.3, -0.25) is 19.7 Å². The summed E-state index contributed by atoms with van der Waals surface area (Å²) < 4.78 is 15.7. The predicted molar refractivity (Wildman–Crippen MR) is 65.9 cm³/mol. The Bertz CT molecular complexity index is 683. The van der Waals surface area contributed by atoms with Crippen molar-refractivity contribution in [3.63, 3.8) is 0 Å². The lowest BCUT2D eigenvalue weighted by Gasteiger charge is -2.09. The van der Waals surface area contributed by atoms with Crippen LogP contribution in [0.25, 0.3) is 10.9 Å². The molecule has 0 aliphatic carbocycles. The van der Waals surface area contributed by atoms with Gasteiger partial charge in [-0.2, -0.15) is 0 Å². The number of hydrogen-bond acceptors (Lipinski definition) is 5. The van der Waals surface area contributed by atoms with E-state index in [4.69, 9.17) is 14.5 Å². The van der Waals surface area contributed by atoms with Crippen molar-refractivity contribution in [3.05, 3.63) is 40.6 Å². The second kappa shape index (κ2) is 4.93. The number of aromatic nitrogens is 1. The largest absolute Gasteiger partial charge is 0.479 e. The second-order valence-electron chi connectivity index (χ2n) is 3.68. The summed E-state index contributed by atoms with van der Waals surface area (Å²) in [6.45, 7) is 0. The molecule has 0 saturated heterocycles. The van der Waals surface area contributed by atoms with Crippen molar-refractivity contribution in [1.29, 1.82) is 0 Å². The van der Waals surface area contributed by atoms with Gasteiger partial charge >= 0.3 is 7.60 Å². The number of pyridine rings is 1. The molecule has 0 saturated carbocycles. The van der Waals surface area contributed by atoms with E-state index in [1.54, 1.807) is 0 Å². The Morgan fingerprint density at radius 1 is 1.37 bits per heavy atom. The Hall–Kier alpha value is -2.02. The Morgan fingerprint density at radius 3 is 2.74 bits per heavy atom. The summed E-state index contributed by atoms with van der Waals surface area (Å²) in [7, 11) is -4.32. The van der Waals surface area contributed by atoms with E-state index in [0.29, 0.717) is 0 Å². The Morgan fingerprint density at radius 2 is 2.11 bits per heavy atom. The van der Waals surface area contributed by atoms with Gasteiger partial charge in [-0.1, -0.05) is 0 Å². The van der Waals surface area contributed by atoms with E-state index in [2.05, 4.69) is 4.98 Å². The molecule has 1 heterocycles. The first-order valence-corrected chi connectivity index (χ1v) is 6.88. The van der Waals surface area contributed by atoms with Crippen molar-refractivity contribution >= 4 is 24.2 Å². The molecule has 0 bridgehead atoms. The third-order valence-electron chi connectivity index (χ3n) is 2.29. The van der Waals surface area contributed by atoms with Crippen molar-refractivity contribution in [1.82, 2.24) is 4.98 Å². The van der Waals surface area contributed by atoms with Crippen LogP contribution in [0.3, 0.4) is 0 Å². The van der Waals surface area contributed by atoms with Crippen LogP contribution in [0.4, 0.5) is 5.69 Å². The van der Waals surface area contributed by atoms with E-state index in [1.165, 1.54) is 30.5 Å². The number of hydrogen-bond donors (Lipinski definition) is 2. The molecule has 1 aromatic heterocycles. The van der Waals surface area contributed by atoms with Gasteiger partial charge in [-0.05, 0) is 18.2 Å². The van der Waals surface area contributed by atoms with Crippen LogP contribution in [0.1, 0.15) is 0 Å². The van der Waals surface area contributed by atoms with Gasteiger partial charge < -0.3 is 14.5 Å². The number of nitro groups is 1. The zero-order valence-electron chi connectivity index (χ0n) is 9.46. The number of non-ortho nitro benzene ring substituents is 1. The smallest absolute Gasteiger partial charge is 0.362 e. The van der Waals surface area contributed by atoms with Gasteiger partial charge in [0.15, 0.2) is 6.35 Å². The molecule has 0 spiro atoms. The molecule has 1 aromatic carbocycles. The third-order valence-corrected chi connectivity index (χ3v) is 2.76. The standard InChI is InChI=1S/C10H9N2O6P/c13-12(14)8-3-4-9(18-6-19(15,16)17)10-7(8)2-1-5-11-10/h1-5H,6H2,(H2,15,16,17). The molecule has 0 fully saturated rings. The number of rotatable bonds is 4. The van der Waals surface area contributed by atoms with Crippen LogP contribution in [-0.4, -0.2) is 26.0 Å². The van der Waals surface area contributed by atoms with Gasteiger partial charge in [-0.25, -0.2) is 0 Å². The van der Waals surface area contributed by atoms with Crippen LogP contribution in [0, 0.1) is 10.1 Å². The van der Waals surface area contributed by atoms with E-state index >= 15 is 0 Å². The van der Waals surface area contributed by atoms with E-state index in [0.717, 1.165) is 0 Å². The zero-order chi connectivity index (χ0) is 14.0. The van der Waals surface area contributed by atoms with Crippen molar-refractivity contribution in [3.8, 4) is 5.75 Å². The molecule has 2 rings (SSSR count). The Kier molecular flexibility index (Phi) is 3.48. The fraction of sp³-hybridized carbons (Fsp3) is 0.100. The van der Waals surface area contributed by atoms with Gasteiger partial charge in [0, 0.05) is 12.3 Å². The minimum absolute atomic E-state index is 0.0875. The topological polar surface area (TPSA) is 123 Å². The maximum absolute atomic E-state index is 10.9. The molecular weight excluding hydrogens is 275 g/mol. The van der Waals surface area contributed by atoms with Gasteiger partial charge in [0.05, 0.1) is 10.3 Å². The van der Waals surface area contributed by atoms with Gasteiger partial charge in [-0.15, -0.1) is 0 Å². The Balaban J connectivity index is 2.50. The first-order valence-electron chi connectivity index (χ1n) is 5.08. The summed E-state index contributed by atoms with van der Waals surface area (Å²) in [5, 5.41) is 11.1. The maximum Gasteiger partial charge on any atom is 0.362 e. The van der Waals surface area contributed by atoms with E-state index in [9.17, 15) is 14.7 Å². The monoisotopic (exact) mass is 284 g/mol. The highest BCUT2D eigenvalue weighted by molar-refractivity contribution is 7.51. The van der Waals surface area contributed by atoms with Crippen molar-refractivity contribution in [2.24, 2.45) is 0 Å². The van der Waals surface area contributed by atoms with E-state index < -0.39 is 18.9 Å². The average molecular weight is 284 g/mol. The highest BCUT2D eigenvalue weighted by Gasteiger charge is 2.19. The zero-order valence-corrected chi connectivity index (χ0v) is 10.4. The van der Waals surface area contributed by atoms with Gasteiger partial charge in [0.25, 0.3) is 5.69 Å². The fourth-order valence-corrected chi connectivity index (χ4v) is 1.87. The number of benzene rings is 1. The van der Waals surface area contributed by atoms with E-state index in [-0.39, 0.29) is 22.3 Å². The summed E-state index contributed by atoms with van der Waals surface area (Å²) in [5.74, 6) is 0.0875. The van der Waals surface area contributed by atoms with Crippen molar-refractivity contribution < 1.29 is 24.0 Å². The minimum Gasteiger partial charge on any atom is -0.479 e. The molecular formula is C10H9N2O6P. The molecule has 0 unspecified atom stereocenters. The third kappa shape index (κ3) is 3.05. The fourth-order valence-electron chi connectivity index (χ4n) is 1.56. The van der Waals surface area contributed by atoms with Crippen LogP contribution in [0.5, 0.6) is 5.75 Å². The number of fused-ring (bicyclic) bond motifs is 1. The molecule has 0 aliphatic rings. The number of ether oxygens (including phenoxy) is 1. The Labute approximate surface area is 107 Å². The molecule has 2 N–H and O–H groups in total. The van der Waals surface area contributed by atoms with Crippen LogP contribution in [-0.2, 0) is 4.57 Å².